The summed E-state index contributed by atoms with van der Waals surface area (Å²) in [6.45, 7) is 0. The predicted molar refractivity (Wildman–Crippen MR) is 69.7 cm³/mol. The second-order valence-electron chi connectivity index (χ2n) is 4.02. The maximum Gasteiger partial charge on any atom is 0.230 e. The Hall–Kier alpha value is -1.16. The van der Waals surface area contributed by atoms with Gasteiger partial charge in [-0.25, -0.2) is 0 Å². The molecule has 1 atom stereocenters. The third-order valence-corrected chi connectivity index (χ3v) is 4.07. The first-order valence-electron chi connectivity index (χ1n) is 5.40. The highest BCUT2D eigenvalue weighted by atomic mass is 32.2. The summed E-state index contributed by atoms with van der Waals surface area (Å²) in [6.07, 6.45) is 0.987. The standard InChI is InChI=1S/C12H16N2OS/c1-14(11-5-3-2-4-10(11)13)12(15)9-6-7-16-8-9/h2-5,9H,6-8,13H2,1H3. The van der Waals surface area contributed by atoms with Gasteiger partial charge < -0.3 is 10.6 Å². The molecule has 1 heterocycles. The van der Waals surface area contributed by atoms with Gasteiger partial charge in [-0.05, 0) is 24.3 Å². The summed E-state index contributed by atoms with van der Waals surface area (Å²) in [5.41, 5.74) is 7.32. The van der Waals surface area contributed by atoms with Crippen molar-refractivity contribution in [3.8, 4) is 0 Å². The van der Waals surface area contributed by atoms with Crippen LogP contribution in [0.3, 0.4) is 0 Å². The summed E-state index contributed by atoms with van der Waals surface area (Å²) in [6, 6.07) is 7.49. The number of nitrogens with zero attached hydrogens (tertiary/aromatic N) is 1. The van der Waals surface area contributed by atoms with Crippen LogP contribution in [-0.2, 0) is 4.79 Å². The molecule has 16 heavy (non-hydrogen) atoms. The summed E-state index contributed by atoms with van der Waals surface area (Å²) in [5, 5.41) is 0. The van der Waals surface area contributed by atoms with Gasteiger partial charge in [-0.2, -0.15) is 11.8 Å². The molecule has 2 rings (SSSR count). The zero-order chi connectivity index (χ0) is 11.5. The highest BCUT2D eigenvalue weighted by molar-refractivity contribution is 7.99. The molecule has 3 nitrogen and oxygen atoms in total. The molecule has 0 bridgehead atoms. The third kappa shape index (κ3) is 2.16. The van der Waals surface area contributed by atoms with Gasteiger partial charge in [0.2, 0.25) is 5.91 Å². The minimum Gasteiger partial charge on any atom is -0.397 e. The first kappa shape index (κ1) is 11.3. The molecule has 2 N–H and O–H groups in total. The lowest BCUT2D eigenvalue weighted by Gasteiger charge is -2.22. The molecule has 0 aromatic heterocycles. The van der Waals surface area contributed by atoms with E-state index in [0.29, 0.717) is 5.69 Å². The fraction of sp³-hybridized carbons (Fsp3) is 0.417. The minimum atomic E-state index is 0.162. The Labute approximate surface area is 100.0 Å². The van der Waals surface area contributed by atoms with E-state index in [9.17, 15) is 4.79 Å². The van der Waals surface area contributed by atoms with Gasteiger partial charge in [-0.3, -0.25) is 4.79 Å². The quantitative estimate of drug-likeness (QED) is 0.799. The van der Waals surface area contributed by atoms with E-state index in [1.165, 1.54) is 0 Å². The Kier molecular flexibility index (Phi) is 3.39. The minimum absolute atomic E-state index is 0.162. The van der Waals surface area contributed by atoms with Gasteiger partial charge in [0.25, 0.3) is 0 Å². The zero-order valence-electron chi connectivity index (χ0n) is 9.35. The first-order chi connectivity index (χ1) is 7.70. The van der Waals surface area contributed by atoms with Crippen LogP contribution in [0, 0.1) is 5.92 Å². The van der Waals surface area contributed by atoms with Crippen molar-refractivity contribution >= 4 is 29.0 Å². The molecule has 0 spiro atoms. The highest BCUT2D eigenvalue weighted by Crippen LogP contribution is 2.28. The van der Waals surface area contributed by atoms with Crippen molar-refractivity contribution in [2.24, 2.45) is 5.92 Å². The van der Waals surface area contributed by atoms with Crippen LogP contribution >= 0.6 is 11.8 Å². The van der Waals surface area contributed by atoms with Crippen molar-refractivity contribution in [3.63, 3.8) is 0 Å². The third-order valence-electron chi connectivity index (χ3n) is 2.91. The highest BCUT2D eigenvalue weighted by Gasteiger charge is 2.27. The van der Waals surface area contributed by atoms with Crippen LogP contribution in [0.25, 0.3) is 0 Å². The Morgan fingerprint density at radius 3 is 2.88 bits per heavy atom. The number of hydrogen-bond donors (Lipinski definition) is 1. The van der Waals surface area contributed by atoms with E-state index in [-0.39, 0.29) is 11.8 Å². The van der Waals surface area contributed by atoms with E-state index < -0.39 is 0 Å². The average molecular weight is 236 g/mol. The van der Waals surface area contributed by atoms with Crippen LogP contribution in [-0.4, -0.2) is 24.5 Å². The molecule has 86 valence electrons. The van der Waals surface area contributed by atoms with Gasteiger partial charge in [-0.15, -0.1) is 0 Å². The molecule has 1 amide bonds. The summed E-state index contributed by atoms with van der Waals surface area (Å²) in [7, 11) is 1.80. The lowest BCUT2D eigenvalue weighted by atomic mass is 10.1. The second-order valence-corrected chi connectivity index (χ2v) is 5.17. The summed E-state index contributed by atoms with van der Waals surface area (Å²) < 4.78 is 0. The smallest absolute Gasteiger partial charge is 0.230 e. The van der Waals surface area contributed by atoms with Gasteiger partial charge in [0.15, 0.2) is 0 Å². The van der Waals surface area contributed by atoms with Crippen molar-refractivity contribution in [3.05, 3.63) is 24.3 Å². The molecule has 4 heteroatoms. The summed E-state index contributed by atoms with van der Waals surface area (Å²) in [5.74, 6) is 2.38. The molecule has 1 aromatic carbocycles. The maximum absolute atomic E-state index is 12.2. The van der Waals surface area contributed by atoms with E-state index >= 15 is 0 Å². The number of rotatable bonds is 2. The number of amides is 1. The number of thioether (sulfide) groups is 1. The van der Waals surface area contributed by atoms with Gasteiger partial charge in [0.05, 0.1) is 11.4 Å². The van der Waals surface area contributed by atoms with Crippen molar-refractivity contribution in [1.29, 1.82) is 0 Å². The summed E-state index contributed by atoms with van der Waals surface area (Å²) >= 11 is 1.85. The van der Waals surface area contributed by atoms with Crippen molar-refractivity contribution < 1.29 is 4.79 Å². The van der Waals surface area contributed by atoms with Crippen LogP contribution in [0.5, 0.6) is 0 Å². The molecule has 1 fully saturated rings. The van der Waals surface area contributed by atoms with Crippen molar-refractivity contribution in [2.75, 3.05) is 29.2 Å². The van der Waals surface area contributed by atoms with Gasteiger partial charge in [0, 0.05) is 18.7 Å². The van der Waals surface area contributed by atoms with E-state index in [1.54, 1.807) is 11.9 Å². The lowest BCUT2D eigenvalue weighted by molar-refractivity contribution is -0.121. The molecule has 1 aromatic rings. The molecular weight excluding hydrogens is 220 g/mol. The van der Waals surface area contributed by atoms with E-state index in [2.05, 4.69) is 0 Å². The van der Waals surface area contributed by atoms with E-state index in [4.69, 9.17) is 5.73 Å². The number of hydrogen-bond acceptors (Lipinski definition) is 3. The Bertz CT molecular complexity index is 388. The Morgan fingerprint density at radius 2 is 2.25 bits per heavy atom. The Balaban J connectivity index is 2.15. The molecule has 0 aliphatic carbocycles. The number of anilines is 2. The predicted octanol–water partition coefficient (Wildman–Crippen LogP) is 1.98. The van der Waals surface area contributed by atoms with Crippen molar-refractivity contribution in [1.82, 2.24) is 0 Å². The van der Waals surface area contributed by atoms with E-state index in [0.717, 1.165) is 23.6 Å². The van der Waals surface area contributed by atoms with Crippen LogP contribution in [0.15, 0.2) is 24.3 Å². The number of carbonyl (C=O) groups is 1. The molecule has 0 radical (unpaired) electrons. The van der Waals surface area contributed by atoms with Gasteiger partial charge in [0.1, 0.15) is 0 Å². The molecule has 0 saturated carbocycles. The summed E-state index contributed by atoms with van der Waals surface area (Å²) in [4.78, 5) is 13.8. The molecule has 1 aliphatic heterocycles. The fourth-order valence-electron chi connectivity index (χ4n) is 1.91. The number of nitrogens with two attached hydrogens (primary N) is 1. The largest absolute Gasteiger partial charge is 0.397 e. The zero-order valence-corrected chi connectivity index (χ0v) is 10.2. The monoisotopic (exact) mass is 236 g/mol. The fourth-order valence-corrected chi connectivity index (χ4v) is 3.13. The number of nitrogen functional groups attached to an aromatic ring is 1. The molecule has 1 aliphatic rings. The molecular formula is C12H16N2OS. The Morgan fingerprint density at radius 1 is 1.50 bits per heavy atom. The number of carbonyl (C=O) groups excluding carboxylic acids is 1. The van der Waals surface area contributed by atoms with Gasteiger partial charge in [-0.1, -0.05) is 12.1 Å². The van der Waals surface area contributed by atoms with Crippen LogP contribution in [0.1, 0.15) is 6.42 Å². The average Bonchev–Trinajstić information content (AvgIpc) is 2.81. The van der Waals surface area contributed by atoms with Crippen LogP contribution in [0.2, 0.25) is 0 Å². The SMILES string of the molecule is CN(C(=O)C1CCSC1)c1ccccc1N. The topological polar surface area (TPSA) is 46.3 Å². The first-order valence-corrected chi connectivity index (χ1v) is 6.55. The van der Waals surface area contributed by atoms with Crippen molar-refractivity contribution in [2.45, 2.75) is 6.42 Å². The van der Waals surface area contributed by atoms with E-state index in [1.807, 2.05) is 36.0 Å². The lowest BCUT2D eigenvalue weighted by Crippen LogP contribution is -2.33. The number of para-hydroxylation sites is 2. The maximum atomic E-state index is 12.2. The van der Waals surface area contributed by atoms with Crippen LogP contribution in [0.4, 0.5) is 11.4 Å². The normalized spacial score (nSPS) is 19.7. The molecule has 1 unspecified atom stereocenters. The second kappa shape index (κ2) is 4.78. The van der Waals surface area contributed by atoms with Crippen LogP contribution < -0.4 is 10.6 Å². The van der Waals surface area contributed by atoms with Gasteiger partial charge >= 0.3 is 0 Å². The molecule has 1 saturated heterocycles. The number of benzene rings is 1.